The fourth-order valence-electron chi connectivity index (χ4n) is 1.52. The second-order valence-corrected chi connectivity index (χ2v) is 4.89. The fourth-order valence-corrected chi connectivity index (χ4v) is 2.11. The summed E-state index contributed by atoms with van der Waals surface area (Å²) in [6.45, 7) is 0. The topological polar surface area (TPSA) is 51.6 Å². The van der Waals surface area contributed by atoms with Crippen LogP contribution < -0.4 is 0 Å². The quantitative estimate of drug-likeness (QED) is 0.460. The number of hydrogen-bond donors (Lipinski definition) is 0. The van der Waals surface area contributed by atoms with Crippen LogP contribution in [-0.2, 0) is 0 Å². The zero-order valence-electron chi connectivity index (χ0n) is 8.46. The third-order valence-corrected chi connectivity index (χ3v) is 3.68. The molecule has 0 amide bonds. The van der Waals surface area contributed by atoms with E-state index in [1.807, 2.05) is 0 Å². The molecule has 0 unspecified atom stereocenters. The van der Waals surface area contributed by atoms with Crippen molar-refractivity contribution in [1.82, 2.24) is 19.9 Å². The molecule has 3 heterocycles. The lowest BCUT2D eigenvalue weighted by Crippen LogP contribution is -1.92. The molecule has 4 nitrogen and oxygen atoms in total. The number of hydrogen-bond acceptors (Lipinski definition) is 4. The fraction of sp³-hybridized carbons (Fsp3) is 0. The Hall–Kier alpha value is -0.940. The lowest BCUT2D eigenvalue weighted by molar-refractivity contribution is 1.24. The predicted molar refractivity (Wildman–Crippen MR) is 72.7 cm³/mol. The normalized spacial score (nSPS) is 11.3. The van der Waals surface area contributed by atoms with Crippen molar-refractivity contribution < 1.29 is 0 Å². The first kappa shape index (κ1) is 12.1. The van der Waals surface area contributed by atoms with Crippen molar-refractivity contribution in [3.05, 3.63) is 32.7 Å². The molecular weight excluding hydrogens is 318 g/mol. The summed E-state index contributed by atoms with van der Waals surface area (Å²) in [5.41, 5.74) is 1.36. The van der Waals surface area contributed by atoms with Gasteiger partial charge in [-0.3, -0.25) is 0 Å². The van der Waals surface area contributed by atoms with Gasteiger partial charge in [0.05, 0.1) is 5.52 Å². The number of aromatic nitrogens is 4. The van der Waals surface area contributed by atoms with Crippen LogP contribution in [0.5, 0.6) is 0 Å². The van der Waals surface area contributed by atoms with Gasteiger partial charge in [0.25, 0.3) is 0 Å². The molecule has 3 rings (SSSR count). The molecule has 0 aliphatic rings. The van der Waals surface area contributed by atoms with Crippen LogP contribution in [0.1, 0.15) is 0 Å². The van der Waals surface area contributed by atoms with Gasteiger partial charge >= 0.3 is 0 Å². The predicted octanol–water partition coefficient (Wildman–Crippen LogP) is 4.19. The average Bonchev–Trinajstić information content (AvgIpc) is 2.34. The Kier molecular flexibility index (Phi) is 2.90. The largest absolute Gasteiger partial charge is 0.242 e. The van der Waals surface area contributed by atoms with Gasteiger partial charge < -0.3 is 0 Å². The molecule has 0 aromatic carbocycles. The van der Waals surface area contributed by atoms with Crippen LogP contribution in [0.3, 0.4) is 0 Å². The molecule has 0 N–H and O–H groups in total. The molecule has 0 spiro atoms. The third kappa shape index (κ3) is 1.86. The zero-order valence-corrected chi connectivity index (χ0v) is 11.5. The Balaban J connectivity index is 2.47. The first-order chi connectivity index (χ1) is 8.56. The van der Waals surface area contributed by atoms with E-state index in [1.165, 1.54) is 0 Å². The average molecular weight is 320 g/mol. The van der Waals surface area contributed by atoms with Crippen LogP contribution in [0.15, 0.2) is 12.3 Å². The van der Waals surface area contributed by atoms with Gasteiger partial charge in [-0.15, -0.1) is 0 Å². The molecule has 0 bridgehead atoms. The summed E-state index contributed by atoms with van der Waals surface area (Å²) in [4.78, 5) is 16.3. The lowest BCUT2D eigenvalue weighted by Gasteiger charge is -2.04. The van der Waals surface area contributed by atoms with E-state index >= 15 is 0 Å². The van der Waals surface area contributed by atoms with Crippen molar-refractivity contribution in [3.63, 3.8) is 0 Å². The maximum Gasteiger partial charge on any atom is 0.180 e. The Labute approximate surface area is 121 Å². The Morgan fingerprint density at radius 2 is 1.56 bits per heavy atom. The Morgan fingerprint density at radius 1 is 0.833 bits per heavy atom. The van der Waals surface area contributed by atoms with E-state index in [2.05, 4.69) is 19.9 Å². The second kappa shape index (κ2) is 4.31. The minimum absolute atomic E-state index is 0.0901. The van der Waals surface area contributed by atoms with E-state index in [9.17, 15) is 0 Å². The highest BCUT2D eigenvalue weighted by molar-refractivity contribution is 6.44. The molecule has 0 saturated carbocycles. The molecule has 0 saturated heterocycles. The summed E-state index contributed by atoms with van der Waals surface area (Å²) in [7, 11) is 0. The molecule has 0 radical (unpaired) electrons. The standard InChI is InChI=1S/C10H2Cl4N4/c11-5-6-3(2-15-7(5)12)1-4-10(17-6)18-9(14)8(13)16-4/h1-2H. The van der Waals surface area contributed by atoms with Gasteiger partial charge in [-0.1, -0.05) is 46.4 Å². The molecule has 0 aliphatic carbocycles. The maximum atomic E-state index is 6.03. The number of rotatable bonds is 0. The third-order valence-electron chi connectivity index (χ3n) is 2.31. The van der Waals surface area contributed by atoms with Crippen molar-refractivity contribution in [2.45, 2.75) is 0 Å². The molecule has 3 aromatic heterocycles. The zero-order chi connectivity index (χ0) is 12.9. The van der Waals surface area contributed by atoms with Crippen LogP contribution in [0, 0.1) is 0 Å². The first-order valence-electron chi connectivity index (χ1n) is 4.70. The second-order valence-electron chi connectivity index (χ2n) is 3.44. The number of nitrogens with zero attached hydrogens (tertiary/aromatic N) is 4. The molecule has 18 heavy (non-hydrogen) atoms. The van der Waals surface area contributed by atoms with Crippen LogP contribution >= 0.6 is 46.4 Å². The van der Waals surface area contributed by atoms with E-state index in [0.717, 1.165) is 0 Å². The van der Waals surface area contributed by atoms with Crippen LogP contribution in [0.2, 0.25) is 20.5 Å². The van der Waals surface area contributed by atoms with Crippen molar-refractivity contribution in [3.8, 4) is 0 Å². The van der Waals surface area contributed by atoms with Gasteiger partial charge in [-0.2, -0.15) is 0 Å². The Bertz CT molecular complexity index is 789. The summed E-state index contributed by atoms with van der Waals surface area (Å²) >= 11 is 23.5. The highest BCUT2D eigenvalue weighted by Crippen LogP contribution is 2.29. The highest BCUT2D eigenvalue weighted by Gasteiger charge is 2.11. The van der Waals surface area contributed by atoms with Gasteiger partial charge in [0, 0.05) is 11.6 Å². The van der Waals surface area contributed by atoms with Crippen molar-refractivity contribution in [2.24, 2.45) is 0 Å². The number of pyridine rings is 2. The maximum absolute atomic E-state index is 6.03. The summed E-state index contributed by atoms with van der Waals surface area (Å²) in [6.07, 6.45) is 1.56. The molecule has 3 aromatic rings. The van der Waals surface area contributed by atoms with Gasteiger partial charge in [0.2, 0.25) is 0 Å². The summed E-state index contributed by atoms with van der Waals surface area (Å²) in [5.74, 6) is 0. The smallest absolute Gasteiger partial charge is 0.180 e. The first-order valence-corrected chi connectivity index (χ1v) is 6.21. The van der Waals surface area contributed by atoms with Crippen molar-refractivity contribution >= 4 is 68.5 Å². The number of fused-ring (bicyclic) bond motifs is 2. The van der Waals surface area contributed by atoms with E-state index < -0.39 is 0 Å². The molecule has 0 atom stereocenters. The molecule has 0 fully saturated rings. The molecule has 0 aliphatic heterocycles. The van der Waals surface area contributed by atoms with E-state index in [0.29, 0.717) is 22.1 Å². The summed E-state index contributed by atoms with van der Waals surface area (Å²) in [6, 6.07) is 1.72. The van der Waals surface area contributed by atoms with Gasteiger partial charge in [-0.05, 0) is 6.07 Å². The minimum atomic E-state index is 0.0901. The van der Waals surface area contributed by atoms with Gasteiger partial charge in [0.1, 0.15) is 15.7 Å². The van der Waals surface area contributed by atoms with Crippen molar-refractivity contribution in [2.75, 3.05) is 0 Å². The summed E-state index contributed by atoms with van der Waals surface area (Å²) in [5, 5.41) is 1.36. The monoisotopic (exact) mass is 318 g/mol. The minimum Gasteiger partial charge on any atom is -0.242 e. The SMILES string of the molecule is Clc1nc2cc3cnc(Cl)c(Cl)c3nc2nc1Cl. The van der Waals surface area contributed by atoms with Crippen molar-refractivity contribution in [1.29, 1.82) is 0 Å². The van der Waals surface area contributed by atoms with E-state index in [-0.39, 0.29) is 20.5 Å². The van der Waals surface area contributed by atoms with Gasteiger partial charge in [0.15, 0.2) is 16.0 Å². The van der Waals surface area contributed by atoms with Gasteiger partial charge in [-0.25, -0.2) is 19.9 Å². The van der Waals surface area contributed by atoms with Crippen LogP contribution in [-0.4, -0.2) is 19.9 Å². The van der Waals surface area contributed by atoms with E-state index in [1.54, 1.807) is 12.3 Å². The van der Waals surface area contributed by atoms with Crippen LogP contribution in [0.4, 0.5) is 0 Å². The molecular formula is C10H2Cl4N4. The Morgan fingerprint density at radius 3 is 2.33 bits per heavy atom. The highest BCUT2D eigenvalue weighted by atomic mass is 35.5. The van der Waals surface area contributed by atoms with Crippen LogP contribution in [0.25, 0.3) is 22.1 Å². The number of halogens is 4. The molecule has 90 valence electrons. The molecule has 8 heteroatoms. The summed E-state index contributed by atoms with van der Waals surface area (Å²) < 4.78 is 0. The van der Waals surface area contributed by atoms with E-state index in [4.69, 9.17) is 46.4 Å². The lowest BCUT2D eigenvalue weighted by atomic mass is 10.2.